The van der Waals surface area contributed by atoms with Crippen LogP contribution in [0.2, 0.25) is 0 Å². The quantitative estimate of drug-likeness (QED) is 0.816. The molecule has 5 heteroatoms. The molecule has 1 amide bonds. The molecule has 0 unspecified atom stereocenters. The van der Waals surface area contributed by atoms with Gasteiger partial charge < -0.3 is 4.90 Å². The van der Waals surface area contributed by atoms with Gasteiger partial charge in [0.05, 0.1) is 11.7 Å². The van der Waals surface area contributed by atoms with Crippen molar-refractivity contribution >= 4 is 5.91 Å². The molecule has 0 aromatic carbocycles. The summed E-state index contributed by atoms with van der Waals surface area (Å²) in [5.74, 6) is 1.72. The van der Waals surface area contributed by atoms with Crippen LogP contribution in [0.1, 0.15) is 61.9 Å². The van der Waals surface area contributed by atoms with Crippen LogP contribution in [0.3, 0.4) is 0 Å². The molecule has 1 aromatic rings. The van der Waals surface area contributed by atoms with E-state index in [4.69, 9.17) is 0 Å². The molecule has 4 atom stereocenters. The summed E-state index contributed by atoms with van der Waals surface area (Å²) in [6, 6.07) is 1.14. The largest absolute Gasteiger partial charge is 0.336 e. The number of hydrogen-bond acceptors (Lipinski definition) is 3. The molecule has 0 spiro atoms. The number of nitrogens with one attached hydrogen (secondary N) is 1. The van der Waals surface area contributed by atoms with Crippen molar-refractivity contribution in [1.29, 1.82) is 0 Å². The lowest BCUT2D eigenvalue weighted by molar-refractivity contribution is -0.136. The monoisotopic (exact) mass is 382 g/mol. The van der Waals surface area contributed by atoms with Crippen LogP contribution in [-0.2, 0) is 11.2 Å². The highest BCUT2D eigenvalue weighted by Gasteiger charge is 2.46. The van der Waals surface area contributed by atoms with Crippen LogP contribution in [0.15, 0.2) is 11.6 Å². The van der Waals surface area contributed by atoms with E-state index < -0.39 is 0 Å². The predicted octanol–water partition coefficient (Wildman–Crippen LogP) is 3.38. The second kappa shape index (κ2) is 7.33. The molecule has 28 heavy (non-hydrogen) atoms. The van der Waals surface area contributed by atoms with Crippen LogP contribution < -0.4 is 0 Å². The maximum absolute atomic E-state index is 13.3. The first-order chi connectivity index (χ1) is 13.6. The molecule has 2 bridgehead atoms. The van der Waals surface area contributed by atoms with Gasteiger partial charge in [0.25, 0.3) is 0 Å². The maximum atomic E-state index is 13.3. The highest BCUT2D eigenvalue weighted by atomic mass is 16.2. The molecular weight excluding hydrogens is 348 g/mol. The highest BCUT2D eigenvalue weighted by molar-refractivity contribution is 5.77. The first-order valence-corrected chi connectivity index (χ1v) is 11.4. The van der Waals surface area contributed by atoms with E-state index in [9.17, 15) is 4.79 Å². The van der Waals surface area contributed by atoms with Gasteiger partial charge in [-0.25, -0.2) is 0 Å². The molecule has 0 radical (unpaired) electrons. The number of carbonyl (C=O) groups excluding carboxylic acids is 1. The number of hydrogen-bond donors (Lipinski definition) is 1. The van der Waals surface area contributed by atoms with Crippen molar-refractivity contribution in [2.75, 3.05) is 19.6 Å². The van der Waals surface area contributed by atoms with Gasteiger partial charge in [0.1, 0.15) is 0 Å². The Hall–Kier alpha value is -1.62. The van der Waals surface area contributed by atoms with Crippen LogP contribution in [0.5, 0.6) is 0 Å². The molecule has 5 nitrogen and oxygen atoms in total. The molecule has 152 valence electrons. The fourth-order valence-corrected chi connectivity index (χ4v) is 6.57. The minimum atomic E-state index is 0.342. The smallest absolute Gasteiger partial charge is 0.223 e. The van der Waals surface area contributed by atoms with Gasteiger partial charge in [0.15, 0.2) is 0 Å². The van der Waals surface area contributed by atoms with E-state index in [0.29, 0.717) is 24.3 Å². The normalized spacial score (nSPS) is 32.5. The average molecular weight is 383 g/mol. The van der Waals surface area contributed by atoms with Crippen molar-refractivity contribution in [3.63, 3.8) is 0 Å². The predicted molar refractivity (Wildman–Crippen MR) is 110 cm³/mol. The van der Waals surface area contributed by atoms with Crippen molar-refractivity contribution in [2.45, 2.75) is 77.3 Å². The van der Waals surface area contributed by atoms with Crippen molar-refractivity contribution in [3.8, 4) is 0 Å². The van der Waals surface area contributed by atoms with Crippen LogP contribution in [-0.4, -0.2) is 57.6 Å². The van der Waals surface area contributed by atoms with E-state index in [1.54, 1.807) is 5.57 Å². The minimum absolute atomic E-state index is 0.342. The summed E-state index contributed by atoms with van der Waals surface area (Å²) in [6.07, 6.45) is 11.8. The van der Waals surface area contributed by atoms with E-state index >= 15 is 0 Å². The standard InChI is InChI=1S/C23H34N4O/c1-15-20(16(2)25-24-15)8-9-22(28)27-11-5-6-17-12-18-13-19(23(17)27)14-26-10-4-3-7-21(18)26/h12,18-19,21,23H,3-11,13-14H2,1-2H3,(H,24,25)/t18-,19-,21+,23+/m0/s1. The fourth-order valence-electron chi connectivity index (χ4n) is 6.57. The van der Waals surface area contributed by atoms with E-state index in [1.165, 1.54) is 50.8 Å². The minimum Gasteiger partial charge on any atom is -0.336 e. The van der Waals surface area contributed by atoms with E-state index in [1.807, 2.05) is 6.92 Å². The Balaban J connectivity index is 1.33. The van der Waals surface area contributed by atoms with Gasteiger partial charge >= 0.3 is 0 Å². The molecule has 3 aliphatic heterocycles. The fraction of sp³-hybridized carbons (Fsp3) is 0.739. The van der Waals surface area contributed by atoms with Crippen LogP contribution >= 0.6 is 0 Å². The number of aromatic amines is 1. The third-order valence-corrected chi connectivity index (χ3v) is 7.85. The van der Waals surface area contributed by atoms with Crippen LogP contribution in [0.25, 0.3) is 0 Å². The Morgan fingerprint density at radius 1 is 1.25 bits per heavy atom. The van der Waals surface area contributed by atoms with Gasteiger partial charge in [0, 0.05) is 31.2 Å². The second-order valence-corrected chi connectivity index (χ2v) is 9.51. The molecule has 1 aliphatic carbocycles. The summed E-state index contributed by atoms with van der Waals surface area (Å²) in [7, 11) is 0. The second-order valence-electron chi connectivity index (χ2n) is 9.51. The molecule has 3 fully saturated rings. The maximum Gasteiger partial charge on any atom is 0.223 e. The molecule has 4 aliphatic rings. The molecule has 0 saturated carbocycles. The third kappa shape index (κ3) is 3.12. The van der Waals surface area contributed by atoms with Gasteiger partial charge in [0.2, 0.25) is 5.91 Å². The lowest BCUT2D eigenvalue weighted by atomic mass is 9.68. The number of amides is 1. The number of piperidine rings is 3. The van der Waals surface area contributed by atoms with Crippen LogP contribution in [0, 0.1) is 25.7 Å². The van der Waals surface area contributed by atoms with E-state index in [-0.39, 0.29) is 0 Å². The van der Waals surface area contributed by atoms with Crippen molar-refractivity contribution in [1.82, 2.24) is 20.0 Å². The SMILES string of the molecule is Cc1n[nH]c(C)c1CCC(=O)N1CCCC2=C[C@H]3C[C@@H](CN4CCCC[C@H]34)[C@@H]21. The number of H-pyrrole nitrogens is 1. The summed E-state index contributed by atoms with van der Waals surface area (Å²) in [5, 5.41) is 7.34. The Morgan fingerprint density at radius 2 is 2.14 bits per heavy atom. The first-order valence-electron chi connectivity index (χ1n) is 11.4. The number of rotatable bonds is 3. The zero-order valence-electron chi connectivity index (χ0n) is 17.4. The van der Waals surface area contributed by atoms with Crippen LogP contribution in [0.4, 0.5) is 0 Å². The zero-order valence-corrected chi connectivity index (χ0v) is 17.4. The van der Waals surface area contributed by atoms with Crippen molar-refractivity contribution < 1.29 is 4.79 Å². The number of likely N-dealkylation sites (tertiary alicyclic amines) is 1. The Morgan fingerprint density at radius 3 is 2.96 bits per heavy atom. The lowest BCUT2D eigenvalue weighted by Crippen LogP contribution is -2.60. The number of aryl methyl sites for hydroxylation is 2. The molecule has 1 aromatic heterocycles. The Labute approximate surface area is 168 Å². The summed E-state index contributed by atoms with van der Waals surface area (Å²) < 4.78 is 0. The molecule has 1 N–H and O–H groups in total. The third-order valence-electron chi connectivity index (χ3n) is 7.85. The Bertz CT molecular complexity index is 762. The van der Waals surface area contributed by atoms with E-state index in [0.717, 1.165) is 42.7 Å². The Kier molecular flexibility index (Phi) is 4.82. The van der Waals surface area contributed by atoms with Crippen molar-refractivity contribution in [2.24, 2.45) is 11.8 Å². The highest BCUT2D eigenvalue weighted by Crippen LogP contribution is 2.45. The molecule has 3 saturated heterocycles. The van der Waals surface area contributed by atoms with E-state index in [2.05, 4.69) is 33.0 Å². The van der Waals surface area contributed by atoms with Gasteiger partial charge in [-0.15, -0.1) is 0 Å². The summed E-state index contributed by atoms with van der Waals surface area (Å²) in [6.45, 7) is 7.49. The summed E-state index contributed by atoms with van der Waals surface area (Å²) in [5.41, 5.74) is 4.95. The number of nitrogens with zero attached hydrogens (tertiary/aromatic N) is 3. The number of carbonyl (C=O) groups is 1. The number of aromatic nitrogens is 2. The average Bonchev–Trinajstić information content (AvgIpc) is 3.03. The molecule has 4 heterocycles. The lowest BCUT2D eigenvalue weighted by Gasteiger charge is -2.54. The van der Waals surface area contributed by atoms with Crippen molar-refractivity contribution in [3.05, 3.63) is 28.6 Å². The summed E-state index contributed by atoms with van der Waals surface area (Å²) >= 11 is 0. The first kappa shape index (κ1) is 18.4. The van der Waals surface area contributed by atoms with Gasteiger partial charge in [-0.1, -0.05) is 18.1 Å². The zero-order chi connectivity index (χ0) is 19.3. The topological polar surface area (TPSA) is 52.2 Å². The summed E-state index contributed by atoms with van der Waals surface area (Å²) in [4.78, 5) is 18.3. The molecule has 5 rings (SSSR count). The van der Waals surface area contributed by atoms with Gasteiger partial charge in [-0.2, -0.15) is 5.10 Å². The van der Waals surface area contributed by atoms with Gasteiger partial charge in [-0.3, -0.25) is 14.8 Å². The van der Waals surface area contributed by atoms with Gasteiger partial charge in [-0.05, 0) is 76.3 Å². The number of fused-ring (bicyclic) bond motifs is 6. The molecular formula is C23H34N4O.